The monoisotopic (exact) mass is 282 g/mol. The minimum atomic E-state index is -0.0481. The largest absolute Gasteiger partial charge is 0.506 e. The smallest absolute Gasteiger partial charge is 0.153 e. The Balaban J connectivity index is 3.36. The quantitative estimate of drug-likeness (QED) is 0.634. The number of carbonyl (C=O) groups excluding carboxylic acids is 1. The van der Waals surface area contributed by atoms with Crippen LogP contribution in [0.3, 0.4) is 0 Å². The molecule has 1 N–H and O–H groups in total. The maximum absolute atomic E-state index is 10.3. The zero-order chi connectivity index (χ0) is 8.43. The third kappa shape index (κ3) is 1.65. The number of aromatic hydroxyl groups is 1. The number of aldehydes is 1. The van der Waals surface area contributed by atoms with E-state index < -0.39 is 0 Å². The molecule has 0 aromatic heterocycles. The number of hydrogen-bond donors (Lipinski definition) is 1. The van der Waals surface area contributed by atoms with Crippen LogP contribution in [0.4, 0.5) is 0 Å². The molecule has 1 rings (SSSR count). The summed E-state index contributed by atoms with van der Waals surface area (Å²) >= 11 is 7.54. The van der Waals surface area contributed by atoms with Crippen LogP contribution in [-0.4, -0.2) is 11.4 Å². The maximum atomic E-state index is 10.3. The summed E-state index contributed by atoms with van der Waals surface area (Å²) in [6.07, 6.45) is 0.591. The average molecular weight is 282 g/mol. The van der Waals surface area contributed by atoms with E-state index in [0.717, 1.165) is 0 Å². The molecule has 0 aliphatic carbocycles. The summed E-state index contributed by atoms with van der Waals surface area (Å²) in [6.45, 7) is 0. The van der Waals surface area contributed by atoms with Gasteiger partial charge in [0.2, 0.25) is 0 Å². The molecular formula is C7H4ClIO2. The second-order valence-corrected chi connectivity index (χ2v) is 3.40. The summed E-state index contributed by atoms with van der Waals surface area (Å²) in [6, 6.07) is 3.06. The van der Waals surface area contributed by atoms with Crippen LogP contribution in [0.2, 0.25) is 5.02 Å². The van der Waals surface area contributed by atoms with Gasteiger partial charge in [-0.1, -0.05) is 11.6 Å². The first-order valence-electron chi connectivity index (χ1n) is 2.79. The molecule has 11 heavy (non-hydrogen) atoms. The van der Waals surface area contributed by atoms with E-state index >= 15 is 0 Å². The first-order chi connectivity index (χ1) is 5.16. The standard InChI is InChI=1S/C7H4ClIO2/c8-5-2-1-4(3-10)7(11)6(5)9/h1-3,11H. The lowest BCUT2D eigenvalue weighted by Gasteiger charge is -2.00. The molecule has 2 nitrogen and oxygen atoms in total. The molecule has 0 aliphatic rings. The fraction of sp³-hybridized carbons (Fsp3) is 0. The van der Waals surface area contributed by atoms with Gasteiger partial charge >= 0.3 is 0 Å². The Kier molecular flexibility index (Phi) is 2.72. The minimum Gasteiger partial charge on any atom is -0.506 e. The summed E-state index contributed by atoms with van der Waals surface area (Å²) < 4.78 is 0.508. The van der Waals surface area contributed by atoms with Gasteiger partial charge in [0.05, 0.1) is 14.2 Å². The van der Waals surface area contributed by atoms with Crippen molar-refractivity contribution >= 4 is 40.5 Å². The molecule has 0 heterocycles. The Morgan fingerprint density at radius 1 is 1.55 bits per heavy atom. The predicted molar refractivity (Wildman–Crippen MR) is 51.2 cm³/mol. The molecular weight excluding hydrogens is 278 g/mol. The van der Waals surface area contributed by atoms with E-state index in [-0.39, 0.29) is 11.3 Å². The van der Waals surface area contributed by atoms with Gasteiger partial charge in [0.1, 0.15) is 5.75 Å². The fourth-order valence-corrected chi connectivity index (χ4v) is 1.29. The summed E-state index contributed by atoms with van der Waals surface area (Å²) in [7, 11) is 0. The average Bonchev–Trinajstić information content (AvgIpc) is 2.01. The van der Waals surface area contributed by atoms with Gasteiger partial charge in [-0.05, 0) is 34.7 Å². The topological polar surface area (TPSA) is 37.3 Å². The lowest BCUT2D eigenvalue weighted by atomic mass is 10.2. The molecule has 0 amide bonds. The number of carbonyl (C=O) groups is 1. The number of rotatable bonds is 1. The van der Waals surface area contributed by atoms with Crippen molar-refractivity contribution in [2.75, 3.05) is 0 Å². The molecule has 1 aromatic carbocycles. The van der Waals surface area contributed by atoms with Crippen LogP contribution in [0.1, 0.15) is 10.4 Å². The van der Waals surface area contributed by atoms with Crippen molar-refractivity contribution in [1.82, 2.24) is 0 Å². The third-order valence-corrected chi connectivity index (χ3v) is 2.95. The zero-order valence-electron chi connectivity index (χ0n) is 5.34. The van der Waals surface area contributed by atoms with Crippen LogP contribution in [0.25, 0.3) is 0 Å². The summed E-state index contributed by atoms with van der Waals surface area (Å²) in [5.41, 5.74) is 0.263. The van der Waals surface area contributed by atoms with E-state index in [1.807, 2.05) is 22.6 Å². The SMILES string of the molecule is O=Cc1ccc(Cl)c(I)c1O. The van der Waals surface area contributed by atoms with Crippen molar-refractivity contribution in [3.05, 3.63) is 26.3 Å². The van der Waals surface area contributed by atoms with Crippen LogP contribution in [0.15, 0.2) is 12.1 Å². The fourth-order valence-electron chi connectivity index (χ4n) is 0.650. The van der Waals surface area contributed by atoms with Crippen LogP contribution >= 0.6 is 34.2 Å². The van der Waals surface area contributed by atoms with E-state index in [9.17, 15) is 9.90 Å². The Morgan fingerprint density at radius 2 is 2.18 bits per heavy atom. The summed E-state index contributed by atoms with van der Waals surface area (Å²) in [5, 5.41) is 9.71. The molecule has 4 heteroatoms. The highest BCUT2D eigenvalue weighted by atomic mass is 127. The predicted octanol–water partition coefficient (Wildman–Crippen LogP) is 2.46. The number of phenolic OH excluding ortho intramolecular Hbond substituents is 1. The van der Waals surface area contributed by atoms with E-state index in [0.29, 0.717) is 14.9 Å². The number of benzene rings is 1. The van der Waals surface area contributed by atoms with Gasteiger partial charge in [0, 0.05) is 0 Å². The highest BCUT2D eigenvalue weighted by Crippen LogP contribution is 2.29. The maximum Gasteiger partial charge on any atom is 0.153 e. The summed E-state index contributed by atoms with van der Waals surface area (Å²) in [4.78, 5) is 10.3. The van der Waals surface area contributed by atoms with Crippen LogP contribution < -0.4 is 0 Å². The van der Waals surface area contributed by atoms with Crippen molar-refractivity contribution in [1.29, 1.82) is 0 Å². The Labute approximate surface area is 82.3 Å². The third-order valence-electron chi connectivity index (χ3n) is 1.23. The van der Waals surface area contributed by atoms with E-state index in [1.54, 1.807) is 6.07 Å². The lowest BCUT2D eigenvalue weighted by Crippen LogP contribution is -1.84. The Hall–Kier alpha value is -0.290. The first kappa shape index (κ1) is 8.80. The molecule has 1 aromatic rings. The molecule has 58 valence electrons. The van der Waals surface area contributed by atoms with Crippen molar-refractivity contribution < 1.29 is 9.90 Å². The van der Waals surface area contributed by atoms with E-state index in [1.165, 1.54) is 6.07 Å². The van der Waals surface area contributed by atoms with Crippen LogP contribution in [0, 0.1) is 3.57 Å². The summed E-state index contributed by atoms with van der Waals surface area (Å²) in [5.74, 6) is -0.0481. The first-order valence-corrected chi connectivity index (χ1v) is 4.24. The molecule has 0 bridgehead atoms. The second-order valence-electron chi connectivity index (χ2n) is 1.92. The van der Waals surface area contributed by atoms with Gasteiger partial charge in [-0.25, -0.2) is 0 Å². The van der Waals surface area contributed by atoms with Crippen molar-refractivity contribution in [2.45, 2.75) is 0 Å². The van der Waals surface area contributed by atoms with Gasteiger partial charge in [0.25, 0.3) is 0 Å². The highest BCUT2D eigenvalue weighted by molar-refractivity contribution is 14.1. The second kappa shape index (κ2) is 3.40. The molecule has 0 radical (unpaired) electrons. The molecule has 0 saturated heterocycles. The minimum absolute atomic E-state index is 0.0481. The Bertz CT molecular complexity index is 299. The van der Waals surface area contributed by atoms with Crippen molar-refractivity contribution in [3.8, 4) is 5.75 Å². The van der Waals surface area contributed by atoms with Gasteiger partial charge in [0.15, 0.2) is 6.29 Å². The number of phenols is 1. The molecule has 0 atom stereocenters. The zero-order valence-corrected chi connectivity index (χ0v) is 8.26. The molecule has 0 unspecified atom stereocenters. The van der Waals surface area contributed by atoms with Gasteiger partial charge in [-0.3, -0.25) is 4.79 Å². The molecule has 0 aliphatic heterocycles. The van der Waals surface area contributed by atoms with Crippen molar-refractivity contribution in [2.24, 2.45) is 0 Å². The van der Waals surface area contributed by atoms with Crippen LogP contribution in [0.5, 0.6) is 5.75 Å². The number of halogens is 2. The van der Waals surface area contributed by atoms with Crippen LogP contribution in [-0.2, 0) is 0 Å². The lowest BCUT2D eigenvalue weighted by molar-refractivity contribution is 0.112. The molecule has 0 fully saturated rings. The molecule has 0 saturated carbocycles. The van der Waals surface area contributed by atoms with Crippen molar-refractivity contribution in [3.63, 3.8) is 0 Å². The number of hydrogen-bond acceptors (Lipinski definition) is 2. The van der Waals surface area contributed by atoms with Gasteiger partial charge < -0.3 is 5.11 Å². The van der Waals surface area contributed by atoms with E-state index in [4.69, 9.17) is 11.6 Å². The Morgan fingerprint density at radius 3 is 2.73 bits per heavy atom. The van der Waals surface area contributed by atoms with Gasteiger partial charge in [-0.2, -0.15) is 0 Å². The highest BCUT2D eigenvalue weighted by Gasteiger charge is 2.06. The van der Waals surface area contributed by atoms with E-state index in [2.05, 4.69) is 0 Å². The molecule has 0 spiro atoms. The van der Waals surface area contributed by atoms with Gasteiger partial charge in [-0.15, -0.1) is 0 Å². The normalized spacial score (nSPS) is 9.64.